The number of carbonyl (C=O) groups is 2. The minimum absolute atomic E-state index is 0.121. The Morgan fingerprint density at radius 1 is 1.39 bits per heavy atom. The summed E-state index contributed by atoms with van der Waals surface area (Å²) in [5.41, 5.74) is 0.124. The van der Waals surface area contributed by atoms with Crippen molar-refractivity contribution < 1.29 is 9.59 Å². The Kier molecular flexibility index (Phi) is 3.07. The Morgan fingerprint density at radius 2 is 2.11 bits per heavy atom. The second-order valence-electron chi connectivity index (χ2n) is 5.11. The minimum atomic E-state index is -0.586. The van der Waals surface area contributed by atoms with Gasteiger partial charge in [-0.2, -0.15) is 0 Å². The number of aromatic nitrogens is 1. The predicted molar refractivity (Wildman–Crippen MR) is 67.7 cm³/mol. The summed E-state index contributed by atoms with van der Waals surface area (Å²) in [6, 6.07) is 5.50. The second kappa shape index (κ2) is 4.40. The van der Waals surface area contributed by atoms with Crippen LogP contribution in [-0.2, 0) is 16.1 Å². The molecule has 2 rings (SSSR count). The van der Waals surface area contributed by atoms with Crippen LogP contribution in [0.5, 0.6) is 0 Å². The lowest BCUT2D eigenvalue weighted by atomic mass is 9.92. The third-order valence-corrected chi connectivity index (χ3v) is 3.10. The fraction of sp³-hybridized carbons (Fsp3) is 0.462. The zero-order valence-electron chi connectivity index (χ0n) is 10.9. The lowest BCUT2D eigenvalue weighted by molar-refractivity contribution is -0.141. The lowest BCUT2D eigenvalue weighted by Gasteiger charge is -2.17. The fourth-order valence-corrected chi connectivity index (χ4v) is 2.06. The Bertz CT molecular complexity index is 497. The van der Waals surface area contributed by atoms with Crippen LogP contribution >= 0.6 is 0 Å². The zero-order valence-corrected chi connectivity index (χ0v) is 10.9. The van der Waals surface area contributed by atoms with Crippen LogP contribution in [0.2, 0.25) is 0 Å². The monoisotopic (exact) mass is 247 g/mol. The van der Waals surface area contributed by atoms with Crippen LogP contribution in [0.25, 0.3) is 0 Å². The van der Waals surface area contributed by atoms with Crippen molar-refractivity contribution in [2.45, 2.75) is 26.8 Å². The maximum atomic E-state index is 12.1. The Balaban J connectivity index is 2.19. The van der Waals surface area contributed by atoms with Gasteiger partial charge in [0.15, 0.2) is 0 Å². The van der Waals surface area contributed by atoms with Gasteiger partial charge < -0.3 is 5.32 Å². The summed E-state index contributed by atoms with van der Waals surface area (Å²) in [6.45, 7) is 3.84. The summed E-state index contributed by atoms with van der Waals surface area (Å²) in [6.07, 6.45) is 0.275. The number of imide groups is 1. The molecule has 0 aliphatic carbocycles. The van der Waals surface area contributed by atoms with E-state index in [2.05, 4.69) is 10.3 Å². The summed E-state index contributed by atoms with van der Waals surface area (Å²) in [4.78, 5) is 29.5. The predicted octanol–water partition coefficient (Wildman–Crippen LogP) is 1.41. The number of nitrogens with zero attached hydrogens (tertiary/aromatic N) is 2. The van der Waals surface area contributed by atoms with Crippen molar-refractivity contribution in [1.82, 2.24) is 9.88 Å². The average Bonchev–Trinajstić information content (AvgIpc) is 2.52. The first-order valence-corrected chi connectivity index (χ1v) is 5.92. The molecule has 1 saturated heterocycles. The van der Waals surface area contributed by atoms with Gasteiger partial charge in [-0.3, -0.25) is 14.5 Å². The van der Waals surface area contributed by atoms with Crippen LogP contribution in [0.15, 0.2) is 18.2 Å². The van der Waals surface area contributed by atoms with Crippen molar-refractivity contribution in [2.24, 2.45) is 5.41 Å². The molecule has 2 amide bonds. The number of pyridine rings is 1. The molecule has 0 atom stereocenters. The number of hydrogen-bond donors (Lipinski definition) is 1. The molecular weight excluding hydrogens is 230 g/mol. The van der Waals surface area contributed by atoms with Crippen LogP contribution in [0.4, 0.5) is 5.82 Å². The van der Waals surface area contributed by atoms with Gasteiger partial charge in [-0.05, 0) is 12.1 Å². The average molecular weight is 247 g/mol. The van der Waals surface area contributed by atoms with Gasteiger partial charge >= 0.3 is 0 Å². The number of hydrogen-bond acceptors (Lipinski definition) is 4. The fourth-order valence-electron chi connectivity index (χ4n) is 2.06. The molecule has 0 saturated carbocycles. The Labute approximate surface area is 106 Å². The molecule has 1 aliphatic rings. The number of anilines is 1. The molecule has 2 heterocycles. The highest BCUT2D eigenvalue weighted by molar-refractivity contribution is 6.05. The van der Waals surface area contributed by atoms with Gasteiger partial charge in [0.05, 0.1) is 17.7 Å². The van der Waals surface area contributed by atoms with Crippen molar-refractivity contribution in [1.29, 1.82) is 0 Å². The van der Waals surface area contributed by atoms with Crippen molar-refractivity contribution in [2.75, 3.05) is 12.4 Å². The van der Waals surface area contributed by atoms with E-state index in [1.807, 2.05) is 18.2 Å². The van der Waals surface area contributed by atoms with Crippen LogP contribution in [0, 0.1) is 5.41 Å². The highest BCUT2D eigenvalue weighted by atomic mass is 16.2. The molecule has 5 heteroatoms. The van der Waals surface area contributed by atoms with E-state index in [1.165, 1.54) is 4.90 Å². The SMILES string of the molecule is CNc1cccc(CN2C(=O)CC(C)(C)C2=O)n1. The molecule has 1 N–H and O–H groups in total. The van der Waals surface area contributed by atoms with Gasteiger partial charge in [-0.15, -0.1) is 0 Å². The lowest BCUT2D eigenvalue weighted by Crippen LogP contribution is -2.32. The van der Waals surface area contributed by atoms with E-state index < -0.39 is 5.41 Å². The van der Waals surface area contributed by atoms with Crippen LogP contribution in [-0.4, -0.2) is 28.7 Å². The van der Waals surface area contributed by atoms with Gasteiger partial charge in [-0.1, -0.05) is 19.9 Å². The van der Waals surface area contributed by atoms with Crippen molar-refractivity contribution in [3.05, 3.63) is 23.9 Å². The van der Waals surface area contributed by atoms with Crippen LogP contribution in [0.1, 0.15) is 26.0 Å². The van der Waals surface area contributed by atoms with Crippen molar-refractivity contribution in [3.63, 3.8) is 0 Å². The number of carbonyl (C=O) groups excluding carboxylic acids is 2. The first-order chi connectivity index (χ1) is 8.44. The molecule has 1 aliphatic heterocycles. The number of nitrogens with one attached hydrogen (secondary N) is 1. The Hall–Kier alpha value is -1.91. The van der Waals surface area contributed by atoms with Gasteiger partial charge in [0, 0.05) is 13.5 Å². The van der Waals surface area contributed by atoms with Gasteiger partial charge in [0.2, 0.25) is 11.8 Å². The van der Waals surface area contributed by atoms with Gasteiger partial charge in [0.1, 0.15) is 5.82 Å². The molecule has 0 spiro atoms. The summed E-state index contributed by atoms with van der Waals surface area (Å²) in [7, 11) is 1.78. The maximum Gasteiger partial charge on any atom is 0.235 e. The van der Waals surface area contributed by atoms with E-state index in [0.29, 0.717) is 5.69 Å². The third kappa shape index (κ3) is 2.20. The van der Waals surface area contributed by atoms with E-state index in [1.54, 1.807) is 20.9 Å². The number of likely N-dealkylation sites (tertiary alicyclic amines) is 1. The summed E-state index contributed by atoms with van der Waals surface area (Å²) < 4.78 is 0. The van der Waals surface area contributed by atoms with E-state index in [9.17, 15) is 9.59 Å². The van der Waals surface area contributed by atoms with Crippen molar-refractivity contribution >= 4 is 17.6 Å². The maximum absolute atomic E-state index is 12.1. The van der Waals surface area contributed by atoms with Gasteiger partial charge in [-0.25, -0.2) is 4.98 Å². The topological polar surface area (TPSA) is 62.3 Å². The van der Waals surface area contributed by atoms with E-state index in [-0.39, 0.29) is 24.8 Å². The van der Waals surface area contributed by atoms with Gasteiger partial charge in [0.25, 0.3) is 0 Å². The summed E-state index contributed by atoms with van der Waals surface area (Å²) in [5.74, 6) is 0.483. The minimum Gasteiger partial charge on any atom is -0.373 e. The number of amides is 2. The third-order valence-electron chi connectivity index (χ3n) is 3.10. The Morgan fingerprint density at radius 3 is 2.67 bits per heavy atom. The molecule has 5 nitrogen and oxygen atoms in total. The quantitative estimate of drug-likeness (QED) is 0.820. The first-order valence-electron chi connectivity index (χ1n) is 5.92. The molecule has 1 fully saturated rings. The van der Waals surface area contributed by atoms with Crippen molar-refractivity contribution in [3.8, 4) is 0 Å². The molecule has 0 unspecified atom stereocenters. The summed E-state index contributed by atoms with van der Waals surface area (Å²) >= 11 is 0. The highest BCUT2D eigenvalue weighted by Gasteiger charge is 2.44. The highest BCUT2D eigenvalue weighted by Crippen LogP contribution is 2.32. The normalized spacial score (nSPS) is 18.3. The zero-order chi connectivity index (χ0) is 13.3. The molecule has 1 aromatic rings. The van der Waals surface area contributed by atoms with Crippen LogP contribution < -0.4 is 5.32 Å². The van der Waals surface area contributed by atoms with E-state index in [0.717, 1.165) is 5.82 Å². The smallest absolute Gasteiger partial charge is 0.235 e. The van der Waals surface area contributed by atoms with Crippen LogP contribution in [0.3, 0.4) is 0 Å². The molecule has 18 heavy (non-hydrogen) atoms. The molecule has 1 aromatic heterocycles. The van der Waals surface area contributed by atoms with E-state index in [4.69, 9.17) is 0 Å². The molecular formula is C13H17N3O2. The molecule has 0 aromatic carbocycles. The summed E-state index contributed by atoms with van der Waals surface area (Å²) in [5, 5.41) is 2.93. The standard InChI is InChI=1S/C13H17N3O2/c1-13(2)7-11(17)16(12(13)18)8-9-5-4-6-10(14-3)15-9/h4-6H,7-8H2,1-3H3,(H,14,15). The largest absolute Gasteiger partial charge is 0.373 e. The molecule has 0 radical (unpaired) electrons. The van der Waals surface area contributed by atoms with E-state index >= 15 is 0 Å². The first kappa shape index (κ1) is 12.5. The molecule has 0 bridgehead atoms. The number of rotatable bonds is 3. The second-order valence-corrected chi connectivity index (χ2v) is 5.11. The molecule has 96 valence electrons.